The standard InChI is InChI=1S/C23H22ClN5O2S/c1-3-28-13-19-21(27-28)22(31)29(12-16-6-8-17(24)9-7-16)23(26-19)32-14-20(30)25-18-10-4-15(2)5-11-18/h4-11,13H,3,12,14H2,1-2H3,(H,25,30). The minimum absolute atomic E-state index is 0.119. The Hall–Kier alpha value is -3.10. The molecule has 4 aromatic rings. The third-order valence-electron chi connectivity index (χ3n) is 4.88. The highest BCUT2D eigenvalue weighted by Gasteiger charge is 2.16. The molecule has 2 aromatic carbocycles. The molecule has 0 aliphatic rings. The van der Waals surface area contributed by atoms with E-state index in [4.69, 9.17) is 11.6 Å². The second-order valence-corrected chi connectivity index (χ2v) is 8.71. The Morgan fingerprint density at radius 3 is 2.53 bits per heavy atom. The first-order chi connectivity index (χ1) is 15.4. The lowest BCUT2D eigenvalue weighted by Gasteiger charge is -2.12. The van der Waals surface area contributed by atoms with Crippen molar-refractivity contribution in [3.05, 3.63) is 81.2 Å². The fourth-order valence-corrected chi connectivity index (χ4v) is 4.10. The molecule has 9 heteroatoms. The van der Waals surface area contributed by atoms with Crippen LogP contribution in [-0.2, 0) is 17.9 Å². The highest BCUT2D eigenvalue weighted by atomic mass is 35.5. The molecule has 0 atom stereocenters. The van der Waals surface area contributed by atoms with E-state index in [1.807, 2.05) is 50.2 Å². The van der Waals surface area contributed by atoms with Crippen LogP contribution in [-0.4, -0.2) is 31.0 Å². The zero-order valence-corrected chi connectivity index (χ0v) is 19.3. The van der Waals surface area contributed by atoms with Gasteiger partial charge >= 0.3 is 0 Å². The van der Waals surface area contributed by atoms with Gasteiger partial charge in [-0.3, -0.25) is 18.8 Å². The number of aryl methyl sites for hydroxylation is 2. The van der Waals surface area contributed by atoms with Gasteiger partial charge in [0.15, 0.2) is 10.7 Å². The van der Waals surface area contributed by atoms with Gasteiger partial charge < -0.3 is 5.32 Å². The fourth-order valence-electron chi connectivity index (χ4n) is 3.17. The number of halogens is 1. The van der Waals surface area contributed by atoms with Crippen molar-refractivity contribution in [1.82, 2.24) is 19.3 Å². The van der Waals surface area contributed by atoms with Crippen LogP contribution in [0.5, 0.6) is 0 Å². The number of carbonyl (C=O) groups excluding carboxylic acids is 1. The van der Waals surface area contributed by atoms with Crippen molar-refractivity contribution in [2.24, 2.45) is 0 Å². The molecule has 0 unspecified atom stereocenters. The van der Waals surface area contributed by atoms with Crippen LogP contribution < -0.4 is 10.9 Å². The van der Waals surface area contributed by atoms with Gasteiger partial charge in [0.25, 0.3) is 5.56 Å². The quantitative estimate of drug-likeness (QED) is 0.322. The van der Waals surface area contributed by atoms with Crippen LogP contribution in [0.1, 0.15) is 18.1 Å². The highest BCUT2D eigenvalue weighted by Crippen LogP contribution is 2.20. The summed E-state index contributed by atoms with van der Waals surface area (Å²) in [6, 6.07) is 14.9. The first-order valence-electron chi connectivity index (χ1n) is 10.1. The molecule has 0 aliphatic heterocycles. The molecule has 0 fully saturated rings. The zero-order valence-electron chi connectivity index (χ0n) is 17.7. The number of rotatable bonds is 7. The van der Waals surface area contributed by atoms with E-state index in [1.165, 1.54) is 11.8 Å². The minimum atomic E-state index is -0.237. The first kappa shape index (κ1) is 22.1. The van der Waals surface area contributed by atoms with E-state index in [9.17, 15) is 9.59 Å². The maximum absolute atomic E-state index is 13.2. The van der Waals surface area contributed by atoms with Crippen LogP contribution in [0.4, 0.5) is 5.69 Å². The zero-order chi connectivity index (χ0) is 22.7. The van der Waals surface area contributed by atoms with Gasteiger partial charge in [-0.2, -0.15) is 5.10 Å². The number of amides is 1. The molecule has 0 spiro atoms. The van der Waals surface area contributed by atoms with E-state index < -0.39 is 0 Å². The molecule has 164 valence electrons. The Bertz CT molecular complexity index is 1310. The molecule has 0 saturated heterocycles. The summed E-state index contributed by atoms with van der Waals surface area (Å²) in [5, 5.41) is 8.32. The number of hydrogen-bond donors (Lipinski definition) is 1. The minimum Gasteiger partial charge on any atom is -0.325 e. The Labute approximate surface area is 194 Å². The summed E-state index contributed by atoms with van der Waals surface area (Å²) in [4.78, 5) is 30.4. The second-order valence-electron chi connectivity index (χ2n) is 7.33. The van der Waals surface area contributed by atoms with Gasteiger partial charge in [0.05, 0.1) is 18.5 Å². The van der Waals surface area contributed by atoms with Gasteiger partial charge in [-0.25, -0.2) is 4.98 Å². The summed E-state index contributed by atoms with van der Waals surface area (Å²) in [6.07, 6.45) is 1.75. The van der Waals surface area contributed by atoms with Crippen LogP contribution >= 0.6 is 23.4 Å². The third-order valence-corrected chi connectivity index (χ3v) is 6.11. The highest BCUT2D eigenvalue weighted by molar-refractivity contribution is 7.99. The molecule has 2 heterocycles. The SMILES string of the molecule is CCn1cc2nc(SCC(=O)Nc3ccc(C)cc3)n(Cc3ccc(Cl)cc3)c(=O)c2n1. The van der Waals surface area contributed by atoms with Gasteiger partial charge in [0, 0.05) is 17.3 Å². The van der Waals surface area contributed by atoms with E-state index in [0.29, 0.717) is 34.3 Å². The van der Waals surface area contributed by atoms with Gasteiger partial charge in [-0.05, 0) is 43.7 Å². The average Bonchev–Trinajstić information content (AvgIpc) is 3.21. The molecule has 4 rings (SSSR count). The monoisotopic (exact) mass is 467 g/mol. The smallest absolute Gasteiger partial charge is 0.282 e. The Morgan fingerprint density at radius 1 is 1.12 bits per heavy atom. The molecule has 32 heavy (non-hydrogen) atoms. The van der Waals surface area contributed by atoms with Crippen molar-refractivity contribution < 1.29 is 4.79 Å². The Morgan fingerprint density at radius 2 is 1.84 bits per heavy atom. The summed E-state index contributed by atoms with van der Waals surface area (Å²) in [7, 11) is 0. The molecule has 1 amide bonds. The number of aromatic nitrogens is 4. The van der Waals surface area contributed by atoms with Gasteiger partial charge in [0.1, 0.15) is 5.52 Å². The first-order valence-corrected chi connectivity index (χ1v) is 11.5. The lowest BCUT2D eigenvalue weighted by Crippen LogP contribution is -2.25. The van der Waals surface area contributed by atoms with E-state index in [1.54, 1.807) is 27.6 Å². The Balaban J connectivity index is 1.61. The van der Waals surface area contributed by atoms with Crippen molar-refractivity contribution in [2.45, 2.75) is 32.1 Å². The van der Waals surface area contributed by atoms with Crippen LogP contribution in [0.3, 0.4) is 0 Å². The normalized spacial score (nSPS) is 11.1. The molecule has 0 saturated carbocycles. The van der Waals surface area contributed by atoms with Gasteiger partial charge in [-0.1, -0.05) is 53.2 Å². The van der Waals surface area contributed by atoms with E-state index in [-0.39, 0.29) is 17.2 Å². The molecular formula is C23H22ClN5O2S. The third kappa shape index (κ3) is 5.03. The van der Waals surface area contributed by atoms with Crippen molar-refractivity contribution in [3.8, 4) is 0 Å². The molecule has 7 nitrogen and oxygen atoms in total. The summed E-state index contributed by atoms with van der Waals surface area (Å²) in [6.45, 7) is 4.88. The van der Waals surface area contributed by atoms with Gasteiger partial charge in [0.2, 0.25) is 5.91 Å². The van der Waals surface area contributed by atoms with Crippen LogP contribution in [0.2, 0.25) is 5.02 Å². The number of hydrogen-bond acceptors (Lipinski definition) is 5. The molecule has 1 N–H and O–H groups in total. The summed E-state index contributed by atoms with van der Waals surface area (Å²) in [5.74, 6) is -0.0514. The average molecular weight is 468 g/mol. The van der Waals surface area contributed by atoms with E-state index in [0.717, 1.165) is 16.8 Å². The van der Waals surface area contributed by atoms with Crippen molar-refractivity contribution in [3.63, 3.8) is 0 Å². The molecule has 2 aromatic heterocycles. The maximum Gasteiger partial charge on any atom is 0.282 e. The fraction of sp³-hybridized carbons (Fsp3) is 0.217. The number of fused-ring (bicyclic) bond motifs is 1. The largest absolute Gasteiger partial charge is 0.325 e. The molecule has 0 bridgehead atoms. The van der Waals surface area contributed by atoms with Gasteiger partial charge in [-0.15, -0.1) is 0 Å². The Kier molecular flexibility index (Phi) is 6.62. The number of nitrogens with one attached hydrogen (secondary N) is 1. The topological polar surface area (TPSA) is 81.8 Å². The van der Waals surface area contributed by atoms with E-state index >= 15 is 0 Å². The summed E-state index contributed by atoms with van der Waals surface area (Å²) < 4.78 is 3.24. The summed E-state index contributed by atoms with van der Waals surface area (Å²) >= 11 is 7.21. The predicted molar refractivity (Wildman–Crippen MR) is 129 cm³/mol. The number of thioether (sulfide) groups is 1. The van der Waals surface area contributed by atoms with Crippen molar-refractivity contribution in [1.29, 1.82) is 0 Å². The lowest BCUT2D eigenvalue weighted by atomic mass is 10.2. The van der Waals surface area contributed by atoms with Crippen LogP contribution in [0.15, 0.2) is 64.7 Å². The predicted octanol–water partition coefficient (Wildman–Crippen LogP) is 4.35. The molecule has 0 aliphatic carbocycles. The van der Waals surface area contributed by atoms with Crippen molar-refractivity contribution >= 4 is 46.0 Å². The number of anilines is 1. The van der Waals surface area contributed by atoms with Crippen LogP contribution in [0.25, 0.3) is 11.0 Å². The molecule has 0 radical (unpaired) electrons. The lowest BCUT2D eigenvalue weighted by molar-refractivity contribution is -0.113. The number of carbonyl (C=O) groups is 1. The number of benzene rings is 2. The second kappa shape index (κ2) is 9.58. The van der Waals surface area contributed by atoms with E-state index in [2.05, 4.69) is 15.4 Å². The summed E-state index contributed by atoms with van der Waals surface area (Å²) in [5.41, 5.74) is 3.35. The maximum atomic E-state index is 13.2. The number of nitrogens with zero attached hydrogens (tertiary/aromatic N) is 4. The van der Waals surface area contributed by atoms with Crippen molar-refractivity contribution in [2.75, 3.05) is 11.1 Å². The van der Waals surface area contributed by atoms with Crippen LogP contribution in [0, 0.1) is 6.92 Å². The molecular weight excluding hydrogens is 446 g/mol.